The Kier molecular flexibility index (Phi) is 5.35. The molecule has 1 aromatic carbocycles. The number of ether oxygens (including phenoxy) is 1. The zero-order valence-corrected chi connectivity index (χ0v) is 13.3. The molecule has 0 aliphatic rings. The summed E-state index contributed by atoms with van der Waals surface area (Å²) in [7, 11) is 0. The van der Waals surface area contributed by atoms with Crippen molar-refractivity contribution in [2.24, 2.45) is 0 Å². The maximum atomic E-state index is 5.60. The van der Waals surface area contributed by atoms with Crippen LogP contribution in [0.3, 0.4) is 0 Å². The van der Waals surface area contributed by atoms with E-state index in [1.165, 1.54) is 0 Å². The standard InChI is InChI=1S/C15H18BrN3O/c1-3-7-14-18-13(16)10-15(19-14)17-11-8-5-6-9-12(11)20-4-2/h5-6,8-10H,3-4,7H2,1-2H3,(H,17,18,19). The fourth-order valence-corrected chi connectivity index (χ4v) is 2.27. The number of para-hydroxylation sites is 2. The molecular weight excluding hydrogens is 318 g/mol. The molecule has 5 heteroatoms. The summed E-state index contributed by atoms with van der Waals surface area (Å²) in [5, 5.41) is 3.29. The van der Waals surface area contributed by atoms with Crippen molar-refractivity contribution in [3.8, 4) is 5.75 Å². The van der Waals surface area contributed by atoms with Crippen LogP contribution in [0.4, 0.5) is 11.5 Å². The molecule has 0 aliphatic carbocycles. The third kappa shape index (κ3) is 3.93. The first-order valence-corrected chi connectivity index (χ1v) is 7.54. The Hall–Kier alpha value is -1.62. The summed E-state index contributed by atoms with van der Waals surface area (Å²) in [4.78, 5) is 8.87. The van der Waals surface area contributed by atoms with Crippen molar-refractivity contribution in [3.63, 3.8) is 0 Å². The van der Waals surface area contributed by atoms with Gasteiger partial charge in [0.2, 0.25) is 0 Å². The molecular formula is C15H18BrN3O. The highest BCUT2D eigenvalue weighted by molar-refractivity contribution is 9.10. The highest BCUT2D eigenvalue weighted by Crippen LogP contribution is 2.27. The SMILES string of the molecule is CCCc1nc(Br)cc(Nc2ccccc2OCC)n1. The highest BCUT2D eigenvalue weighted by atomic mass is 79.9. The second-order valence-corrected chi connectivity index (χ2v) is 5.11. The first kappa shape index (κ1) is 14.8. The molecule has 0 saturated carbocycles. The van der Waals surface area contributed by atoms with E-state index in [1.807, 2.05) is 37.3 Å². The topological polar surface area (TPSA) is 47.0 Å². The molecule has 2 aromatic rings. The number of nitrogens with one attached hydrogen (secondary N) is 1. The number of hydrogen-bond acceptors (Lipinski definition) is 4. The summed E-state index contributed by atoms with van der Waals surface area (Å²) >= 11 is 3.42. The number of aryl methyl sites for hydroxylation is 1. The van der Waals surface area contributed by atoms with Crippen molar-refractivity contribution in [2.45, 2.75) is 26.7 Å². The molecule has 106 valence electrons. The lowest BCUT2D eigenvalue weighted by atomic mass is 10.3. The first-order valence-electron chi connectivity index (χ1n) is 6.75. The van der Waals surface area contributed by atoms with Gasteiger partial charge in [0.15, 0.2) is 0 Å². The monoisotopic (exact) mass is 335 g/mol. The van der Waals surface area contributed by atoms with Crippen molar-refractivity contribution in [1.82, 2.24) is 9.97 Å². The van der Waals surface area contributed by atoms with Crippen LogP contribution in [0.5, 0.6) is 5.75 Å². The molecule has 0 unspecified atom stereocenters. The Labute approximate surface area is 127 Å². The van der Waals surface area contributed by atoms with Crippen LogP contribution in [0.1, 0.15) is 26.1 Å². The lowest BCUT2D eigenvalue weighted by molar-refractivity contribution is 0.342. The van der Waals surface area contributed by atoms with Gasteiger partial charge >= 0.3 is 0 Å². The van der Waals surface area contributed by atoms with Crippen LogP contribution >= 0.6 is 15.9 Å². The van der Waals surface area contributed by atoms with Gasteiger partial charge in [-0.2, -0.15) is 0 Å². The van der Waals surface area contributed by atoms with Crippen LogP contribution in [0.25, 0.3) is 0 Å². The average Bonchev–Trinajstić information content (AvgIpc) is 2.41. The van der Waals surface area contributed by atoms with Gasteiger partial charge in [-0.15, -0.1) is 0 Å². The average molecular weight is 336 g/mol. The maximum absolute atomic E-state index is 5.60. The van der Waals surface area contributed by atoms with Crippen LogP contribution in [0.15, 0.2) is 34.9 Å². The molecule has 0 aliphatic heterocycles. The predicted molar refractivity (Wildman–Crippen MR) is 84.6 cm³/mol. The Morgan fingerprint density at radius 2 is 2.00 bits per heavy atom. The third-order valence-corrected chi connectivity index (χ3v) is 3.07. The van der Waals surface area contributed by atoms with E-state index in [9.17, 15) is 0 Å². The van der Waals surface area contributed by atoms with E-state index >= 15 is 0 Å². The van der Waals surface area contributed by atoms with Crippen molar-refractivity contribution < 1.29 is 4.74 Å². The maximum Gasteiger partial charge on any atom is 0.142 e. The van der Waals surface area contributed by atoms with Gasteiger partial charge in [0, 0.05) is 12.5 Å². The molecule has 0 amide bonds. The number of halogens is 1. The van der Waals surface area contributed by atoms with Crippen molar-refractivity contribution in [3.05, 3.63) is 40.8 Å². The van der Waals surface area contributed by atoms with Gasteiger partial charge in [0.05, 0.1) is 12.3 Å². The minimum Gasteiger partial charge on any atom is -0.492 e. The summed E-state index contributed by atoms with van der Waals surface area (Å²) in [5.41, 5.74) is 0.905. The number of anilines is 2. The predicted octanol–water partition coefficient (Wildman–Crippen LogP) is 4.33. The fourth-order valence-electron chi connectivity index (χ4n) is 1.85. The van der Waals surface area contributed by atoms with Gasteiger partial charge in [-0.1, -0.05) is 19.1 Å². The summed E-state index contributed by atoms with van der Waals surface area (Å²) in [6, 6.07) is 9.69. The number of aromatic nitrogens is 2. The molecule has 4 nitrogen and oxygen atoms in total. The van der Waals surface area contributed by atoms with E-state index in [0.29, 0.717) is 6.61 Å². The minimum atomic E-state index is 0.632. The van der Waals surface area contributed by atoms with E-state index in [1.54, 1.807) is 0 Å². The Morgan fingerprint density at radius 1 is 1.20 bits per heavy atom. The van der Waals surface area contributed by atoms with Gasteiger partial charge in [-0.3, -0.25) is 0 Å². The molecule has 0 radical (unpaired) electrons. The van der Waals surface area contributed by atoms with Gasteiger partial charge in [0.1, 0.15) is 22.0 Å². The Balaban J connectivity index is 2.25. The normalized spacial score (nSPS) is 10.3. The molecule has 0 saturated heterocycles. The quantitative estimate of drug-likeness (QED) is 0.798. The van der Waals surface area contributed by atoms with Crippen LogP contribution in [0.2, 0.25) is 0 Å². The van der Waals surface area contributed by atoms with Crippen LogP contribution < -0.4 is 10.1 Å². The summed E-state index contributed by atoms with van der Waals surface area (Å²) < 4.78 is 6.38. The van der Waals surface area contributed by atoms with E-state index < -0.39 is 0 Å². The molecule has 0 fully saturated rings. The smallest absolute Gasteiger partial charge is 0.142 e. The largest absolute Gasteiger partial charge is 0.492 e. The molecule has 1 aromatic heterocycles. The molecule has 2 rings (SSSR count). The zero-order valence-electron chi connectivity index (χ0n) is 11.7. The van der Waals surface area contributed by atoms with Crippen molar-refractivity contribution >= 4 is 27.4 Å². The van der Waals surface area contributed by atoms with Crippen LogP contribution in [0, 0.1) is 0 Å². The molecule has 0 bridgehead atoms. The van der Waals surface area contributed by atoms with Crippen molar-refractivity contribution in [2.75, 3.05) is 11.9 Å². The van der Waals surface area contributed by atoms with E-state index in [0.717, 1.165) is 40.5 Å². The van der Waals surface area contributed by atoms with E-state index in [4.69, 9.17) is 4.74 Å². The van der Waals surface area contributed by atoms with Crippen LogP contribution in [-0.2, 0) is 6.42 Å². The van der Waals surface area contributed by atoms with Gasteiger partial charge in [0.25, 0.3) is 0 Å². The summed E-state index contributed by atoms with van der Waals surface area (Å²) in [6.07, 6.45) is 1.88. The minimum absolute atomic E-state index is 0.632. The molecule has 1 heterocycles. The Morgan fingerprint density at radius 3 is 2.75 bits per heavy atom. The fraction of sp³-hybridized carbons (Fsp3) is 0.333. The highest BCUT2D eigenvalue weighted by Gasteiger charge is 2.06. The lowest BCUT2D eigenvalue weighted by Crippen LogP contribution is -2.02. The molecule has 0 spiro atoms. The van der Waals surface area contributed by atoms with Crippen LogP contribution in [-0.4, -0.2) is 16.6 Å². The number of nitrogens with zero attached hydrogens (tertiary/aromatic N) is 2. The third-order valence-electron chi connectivity index (χ3n) is 2.66. The molecule has 0 atom stereocenters. The van der Waals surface area contributed by atoms with Gasteiger partial charge in [-0.05, 0) is 41.4 Å². The zero-order chi connectivity index (χ0) is 14.4. The molecule has 1 N–H and O–H groups in total. The van der Waals surface area contributed by atoms with Gasteiger partial charge in [-0.25, -0.2) is 9.97 Å². The Bertz CT molecular complexity index is 575. The summed E-state index contributed by atoms with van der Waals surface area (Å²) in [6.45, 7) is 4.71. The number of rotatable bonds is 6. The summed E-state index contributed by atoms with van der Waals surface area (Å²) in [5.74, 6) is 2.42. The number of hydrogen-bond donors (Lipinski definition) is 1. The van der Waals surface area contributed by atoms with Gasteiger partial charge < -0.3 is 10.1 Å². The first-order chi connectivity index (χ1) is 9.72. The lowest BCUT2D eigenvalue weighted by Gasteiger charge is -2.12. The molecule has 20 heavy (non-hydrogen) atoms. The van der Waals surface area contributed by atoms with E-state index in [2.05, 4.69) is 38.1 Å². The van der Waals surface area contributed by atoms with Crippen molar-refractivity contribution in [1.29, 1.82) is 0 Å². The second kappa shape index (κ2) is 7.24. The second-order valence-electron chi connectivity index (χ2n) is 4.30. The van der Waals surface area contributed by atoms with E-state index in [-0.39, 0.29) is 0 Å². The number of benzene rings is 1.